The molecule has 0 bridgehead atoms. The van der Waals surface area contributed by atoms with Crippen molar-refractivity contribution >= 4 is 0 Å². The van der Waals surface area contributed by atoms with Crippen LogP contribution in [0.4, 0.5) is 0 Å². The highest BCUT2D eigenvalue weighted by molar-refractivity contribution is 4.92. The zero-order valence-corrected chi connectivity index (χ0v) is 11.0. The predicted molar refractivity (Wildman–Crippen MR) is 65.1 cm³/mol. The summed E-state index contributed by atoms with van der Waals surface area (Å²) in [5.41, 5.74) is 0.588. The van der Waals surface area contributed by atoms with Crippen LogP contribution in [0.3, 0.4) is 0 Å². The van der Waals surface area contributed by atoms with Gasteiger partial charge in [0.2, 0.25) is 0 Å². The molecule has 2 heteroatoms. The second-order valence-corrected chi connectivity index (χ2v) is 5.98. The third kappa shape index (κ3) is 3.46. The fourth-order valence-corrected chi connectivity index (χ4v) is 2.41. The molecule has 0 aromatic rings. The molecule has 0 aromatic carbocycles. The first kappa shape index (κ1) is 13.0. The van der Waals surface area contributed by atoms with Crippen molar-refractivity contribution in [3.05, 3.63) is 0 Å². The molecule has 1 heterocycles. The quantitative estimate of drug-likeness (QED) is 0.775. The summed E-state index contributed by atoms with van der Waals surface area (Å²) in [5.74, 6) is 0. The zero-order chi connectivity index (χ0) is 11.5. The molecule has 2 unspecified atom stereocenters. The molecule has 90 valence electrons. The average Bonchev–Trinajstić information content (AvgIpc) is 2.45. The lowest BCUT2D eigenvalue weighted by Crippen LogP contribution is -2.46. The van der Waals surface area contributed by atoms with Crippen LogP contribution < -0.4 is 5.32 Å². The Kier molecular flexibility index (Phi) is 4.19. The highest BCUT2D eigenvalue weighted by Crippen LogP contribution is 2.38. The standard InChI is InChI=1S/C13H27NO/c1-6-7-13(8-9-15-11(13)2)10-14-12(3,4)5/h11,14H,6-10H2,1-5H3. The van der Waals surface area contributed by atoms with Crippen LogP contribution in [-0.4, -0.2) is 24.8 Å². The maximum absolute atomic E-state index is 5.75. The number of hydrogen-bond acceptors (Lipinski definition) is 2. The van der Waals surface area contributed by atoms with Gasteiger partial charge in [0.15, 0.2) is 0 Å². The summed E-state index contributed by atoms with van der Waals surface area (Å²) in [5, 5.41) is 3.64. The van der Waals surface area contributed by atoms with Crippen LogP contribution in [0.5, 0.6) is 0 Å². The SMILES string of the molecule is CCCC1(CNC(C)(C)C)CCOC1C. The van der Waals surface area contributed by atoms with E-state index < -0.39 is 0 Å². The highest BCUT2D eigenvalue weighted by atomic mass is 16.5. The Morgan fingerprint density at radius 1 is 1.40 bits per heavy atom. The molecule has 0 amide bonds. The van der Waals surface area contributed by atoms with Gasteiger partial charge in [0.25, 0.3) is 0 Å². The minimum Gasteiger partial charge on any atom is -0.378 e. The summed E-state index contributed by atoms with van der Waals surface area (Å²) in [4.78, 5) is 0. The minimum absolute atomic E-state index is 0.211. The lowest BCUT2D eigenvalue weighted by atomic mass is 9.77. The van der Waals surface area contributed by atoms with Crippen LogP contribution in [0, 0.1) is 5.41 Å². The zero-order valence-electron chi connectivity index (χ0n) is 11.0. The van der Waals surface area contributed by atoms with Crippen molar-refractivity contribution in [1.82, 2.24) is 5.32 Å². The van der Waals surface area contributed by atoms with Gasteiger partial charge in [-0.05, 0) is 40.5 Å². The molecule has 1 aliphatic heterocycles. The summed E-state index contributed by atoms with van der Waals surface area (Å²) >= 11 is 0. The Hall–Kier alpha value is -0.0800. The number of hydrogen-bond donors (Lipinski definition) is 1. The molecular weight excluding hydrogens is 186 g/mol. The van der Waals surface area contributed by atoms with E-state index in [9.17, 15) is 0 Å². The Morgan fingerprint density at radius 3 is 2.47 bits per heavy atom. The number of rotatable bonds is 4. The lowest BCUT2D eigenvalue weighted by molar-refractivity contribution is 0.0547. The maximum atomic E-state index is 5.75. The van der Waals surface area contributed by atoms with Gasteiger partial charge in [0.05, 0.1) is 6.10 Å². The summed E-state index contributed by atoms with van der Waals surface area (Å²) in [6.45, 7) is 13.2. The third-order valence-corrected chi connectivity index (χ3v) is 3.55. The van der Waals surface area contributed by atoms with E-state index >= 15 is 0 Å². The molecule has 1 fully saturated rings. The van der Waals surface area contributed by atoms with Crippen molar-refractivity contribution in [2.24, 2.45) is 5.41 Å². The first-order chi connectivity index (χ1) is 6.90. The van der Waals surface area contributed by atoms with Crippen molar-refractivity contribution in [3.8, 4) is 0 Å². The molecule has 1 saturated heterocycles. The molecule has 1 rings (SSSR count). The number of nitrogens with one attached hydrogen (secondary N) is 1. The minimum atomic E-state index is 0.211. The normalized spacial score (nSPS) is 32.2. The molecule has 1 N–H and O–H groups in total. The van der Waals surface area contributed by atoms with E-state index in [-0.39, 0.29) is 5.54 Å². The fourth-order valence-electron chi connectivity index (χ4n) is 2.41. The van der Waals surface area contributed by atoms with Crippen molar-refractivity contribution in [2.75, 3.05) is 13.2 Å². The molecule has 0 aromatic heterocycles. The molecule has 0 radical (unpaired) electrons. The highest BCUT2D eigenvalue weighted by Gasteiger charge is 2.40. The third-order valence-electron chi connectivity index (χ3n) is 3.55. The van der Waals surface area contributed by atoms with Gasteiger partial charge in [-0.15, -0.1) is 0 Å². The Balaban J connectivity index is 2.58. The largest absolute Gasteiger partial charge is 0.378 e. The van der Waals surface area contributed by atoms with Gasteiger partial charge >= 0.3 is 0 Å². The van der Waals surface area contributed by atoms with Gasteiger partial charge in [-0.3, -0.25) is 0 Å². The first-order valence-corrected chi connectivity index (χ1v) is 6.26. The smallest absolute Gasteiger partial charge is 0.0616 e. The molecular formula is C13H27NO. The molecule has 0 aliphatic carbocycles. The molecule has 0 spiro atoms. The Morgan fingerprint density at radius 2 is 2.07 bits per heavy atom. The summed E-state index contributed by atoms with van der Waals surface area (Å²) in [6.07, 6.45) is 4.15. The van der Waals surface area contributed by atoms with Crippen LogP contribution in [0.1, 0.15) is 53.9 Å². The predicted octanol–water partition coefficient (Wildman–Crippen LogP) is 2.97. The van der Waals surface area contributed by atoms with Crippen molar-refractivity contribution in [1.29, 1.82) is 0 Å². The summed E-state index contributed by atoms with van der Waals surface area (Å²) in [7, 11) is 0. The van der Waals surface area contributed by atoms with E-state index in [0.717, 1.165) is 13.2 Å². The van der Waals surface area contributed by atoms with E-state index in [0.29, 0.717) is 11.5 Å². The van der Waals surface area contributed by atoms with E-state index in [1.807, 2.05) is 0 Å². The molecule has 15 heavy (non-hydrogen) atoms. The number of ether oxygens (including phenoxy) is 1. The van der Waals surface area contributed by atoms with Crippen molar-refractivity contribution in [2.45, 2.75) is 65.5 Å². The van der Waals surface area contributed by atoms with E-state index in [1.54, 1.807) is 0 Å². The second-order valence-electron chi connectivity index (χ2n) is 5.98. The van der Waals surface area contributed by atoms with Crippen LogP contribution in [0.25, 0.3) is 0 Å². The van der Waals surface area contributed by atoms with Gasteiger partial charge in [-0.25, -0.2) is 0 Å². The van der Waals surface area contributed by atoms with Gasteiger partial charge in [-0.1, -0.05) is 13.3 Å². The molecule has 2 atom stereocenters. The maximum Gasteiger partial charge on any atom is 0.0616 e. The van der Waals surface area contributed by atoms with E-state index in [2.05, 4.69) is 39.9 Å². The van der Waals surface area contributed by atoms with Crippen LogP contribution >= 0.6 is 0 Å². The van der Waals surface area contributed by atoms with Crippen LogP contribution in [0.2, 0.25) is 0 Å². The summed E-state index contributed by atoms with van der Waals surface area (Å²) in [6, 6.07) is 0. The van der Waals surface area contributed by atoms with Crippen LogP contribution in [0.15, 0.2) is 0 Å². The monoisotopic (exact) mass is 213 g/mol. The van der Waals surface area contributed by atoms with E-state index in [4.69, 9.17) is 4.74 Å². The van der Waals surface area contributed by atoms with Gasteiger partial charge < -0.3 is 10.1 Å². The Bertz CT molecular complexity index is 197. The topological polar surface area (TPSA) is 21.3 Å². The van der Waals surface area contributed by atoms with E-state index in [1.165, 1.54) is 19.3 Å². The molecule has 2 nitrogen and oxygen atoms in total. The average molecular weight is 213 g/mol. The second kappa shape index (κ2) is 4.84. The van der Waals surface area contributed by atoms with Gasteiger partial charge in [0, 0.05) is 24.1 Å². The lowest BCUT2D eigenvalue weighted by Gasteiger charge is -2.35. The van der Waals surface area contributed by atoms with Crippen molar-refractivity contribution < 1.29 is 4.74 Å². The first-order valence-electron chi connectivity index (χ1n) is 6.26. The summed E-state index contributed by atoms with van der Waals surface area (Å²) < 4.78 is 5.75. The fraction of sp³-hybridized carbons (Fsp3) is 1.00. The van der Waals surface area contributed by atoms with Crippen LogP contribution in [-0.2, 0) is 4.74 Å². The van der Waals surface area contributed by atoms with Crippen molar-refractivity contribution in [3.63, 3.8) is 0 Å². The molecule has 0 saturated carbocycles. The molecule has 1 aliphatic rings. The Labute approximate surface area is 94.8 Å². The van der Waals surface area contributed by atoms with Gasteiger partial charge in [0.1, 0.15) is 0 Å². The van der Waals surface area contributed by atoms with Gasteiger partial charge in [-0.2, -0.15) is 0 Å².